The third-order valence-corrected chi connectivity index (χ3v) is 3.19. The van der Waals surface area contributed by atoms with Gasteiger partial charge in [-0.05, 0) is 13.3 Å². The van der Waals surface area contributed by atoms with Crippen molar-refractivity contribution in [1.82, 2.24) is 0 Å². The lowest BCUT2D eigenvalue weighted by Crippen LogP contribution is -2.08. The predicted molar refractivity (Wildman–Crippen MR) is 86.8 cm³/mol. The molecule has 118 valence electrons. The summed E-state index contributed by atoms with van der Waals surface area (Å²) in [5.41, 5.74) is 0. The lowest BCUT2D eigenvalue weighted by Gasteiger charge is -2.16. The molecule has 0 unspecified atom stereocenters. The first-order valence-corrected chi connectivity index (χ1v) is 7.73. The van der Waals surface area contributed by atoms with Gasteiger partial charge in [0.2, 0.25) is 0 Å². The predicted octanol–water partition coefficient (Wildman–Crippen LogP) is 4.34. The zero-order chi connectivity index (χ0) is 15.9. The van der Waals surface area contributed by atoms with E-state index in [0.29, 0.717) is 31.1 Å². The maximum absolute atomic E-state index is 11.7. The third-order valence-electron chi connectivity index (χ3n) is 3.19. The molecule has 0 aliphatic heterocycles. The molecule has 0 aromatic heterocycles. The monoisotopic (exact) mass is 302 g/mol. The molecule has 0 N–H and O–H groups in total. The molecular weight excluding hydrogens is 280 g/mol. The molecule has 4 heteroatoms. The Morgan fingerprint density at radius 3 is 2.36 bits per heavy atom. The van der Waals surface area contributed by atoms with Crippen LogP contribution < -0.4 is 14.2 Å². The zero-order valence-corrected chi connectivity index (χ0v) is 13.3. The van der Waals surface area contributed by atoms with E-state index >= 15 is 0 Å². The van der Waals surface area contributed by atoms with E-state index in [9.17, 15) is 4.79 Å². The number of fused-ring (bicyclic) bond motifs is 1. The highest BCUT2D eigenvalue weighted by Gasteiger charge is 2.17. The maximum atomic E-state index is 11.7. The molecule has 0 spiro atoms. The van der Waals surface area contributed by atoms with Crippen LogP contribution in [0.5, 0.6) is 17.2 Å². The van der Waals surface area contributed by atoms with Crippen LogP contribution in [-0.2, 0) is 4.79 Å². The van der Waals surface area contributed by atoms with Crippen LogP contribution in [0.2, 0.25) is 0 Å². The average Bonchev–Trinajstić information content (AvgIpc) is 2.55. The Bertz CT molecular complexity index is 649. The van der Waals surface area contributed by atoms with Crippen molar-refractivity contribution in [2.75, 3.05) is 13.2 Å². The van der Waals surface area contributed by atoms with Crippen molar-refractivity contribution in [3.63, 3.8) is 0 Å². The van der Waals surface area contributed by atoms with Crippen LogP contribution >= 0.6 is 0 Å². The molecular formula is C18H22O4. The number of hydrogen-bond donors (Lipinski definition) is 0. The van der Waals surface area contributed by atoms with E-state index in [4.69, 9.17) is 14.2 Å². The van der Waals surface area contributed by atoms with E-state index in [1.165, 1.54) is 0 Å². The van der Waals surface area contributed by atoms with Crippen molar-refractivity contribution in [3.8, 4) is 17.2 Å². The summed E-state index contributed by atoms with van der Waals surface area (Å²) in [5.74, 6) is 1.47. The van der Waals surface area contributed by atoms with Gasteiger partial charge in [0.25, 0.3) is 0 Å². The molecule has 2 aromatic rings. The second-order valence-electron chi connectivity index (χ2n) is 4.86. The molecule has 0 heterocycles. The maximum Gasteiger partial charge on any atom is 0.311 e. The smallest absolute Gasteiger partial charge is 0.311 e. The largest absolute Gasteiger partial charge is 0.493 e. The minimum Gasteiger partial charge on any atom is -0.493 e. The fourth-order valence-corrected chi connectivity index (χ4v) is 2.18. The number of benzene rings is 2. The molecule has 0 aliphatic carbocycles. The number of ether oxygens (including phenoxy) is 3. The van der Waals surface area contributed by atoms with Gasteiger partial charge in [0.15, 0.2) is 11.5 Å². The minimum atomic E-state index is -0.284. The first kappa shape index (κ1) is 16.1. The highest BCUT2D eigenvalue weighted by atomic mass is 16.6. The number of carbonyl (C=O) groups is 1. The standard InChI is InChI=1S/C18H22O4/c1-4-11-21-15-12-16(20-6-3)18(22-17(19)5-2)14-10-8-7-9-13(14)15/h7-10,12H,4-6,11H2,1-3H3. The highest BCUT2D eigenvalue weighted by molar-refractivity contribution is 5.97. The molecule has 2 rings (SSSR count). The summed E-state index contributed by atoms with van der Waals surface area (Å²) in [5, 5.41) is 1.74. The molecule has 0 fully saturated rings. The van der Waals surface area contributed by atoms with Gasteiger partial charge in [0.1, 0.15) is 5.75 Å². The van der Waals surface area contributed by atoms with Crippen LogP contribution in [-0.4, -0.2) is 19.2 Å². The Morgan fingerprint density at radius 2 is 1.73 bits per heavy atom. The topological polar surface area (TPSA) is 44.8 Å². The van der Waals surface area contributed by atoms with Gasteiger partial charge in [-0.3, -0.25) is 4.79 Å². The van der Waals surface area contributed by atoms with Gasteiger partial charge in [0.05, 0.1) is 13.2 Å². The van der Waals surface area contributed by atoms with Crippen molar-refractivity contribution < 1.29 is 19.0 Å². The third kappa shape index (κ3) is 3.50. The summed E-state index contributed by atoms with van der Waals surface area (Å²) < 4.78 is 17.0. The van der Waals surface area contributed by atoms with Crippen LogP contribution in [0.1, 0.15) is 33.6 Å². The Morgan fingerprint density at radius 1 is 1.00 bits per heavy atom. The summed E-state index contributed by atoms with van der Waals surface area (Å²) in [7, 11) is 0. The molecule has 0 saturated heterocycles. The van der Waals surface area contributed by atoms with Gasteiger partial charge in [0, 0.05) is 23.3 Å². The summed E-state index contributed by atoms with van der Waals surface area (Å²) in [6, 6.07) is 9.52. The second-order valence-corrected chi connectivity index (χ2v) is 4.86. The van der Waals surface area contributed by atoms with E-state index in [1.54, 1.807) is 13.0 Å². The molecule has 0 radical (unpaired) electrons. The van der Waals surface area contributed by atoms with Crippen molar-refractivity contribution >= 4 is 16.7 Å². The molecule has 0 atom stereocenters. The fraction of sp³-hybridized carbons (Fsp3) is 0.389. The summed E-state index contributed by atoms with van der Waals surface area (Å²) in [4.78, 5) is 11.7. The van der Waals surface area contributed by atoms with Crippen LogP contribution in [0.3, 0.4) is 0 Å². The minimum absolute atomic E-state index is 0.284. The Labute approximate surface area is 131 Å². The van der Waals surface area contributed by atoms with Gasteiger partial charge in [-0.15, -0.1) is 0 Å². The first-order chi connectivity index (χ1) is 10.7. The lowest BCUT2D eigenvalue weighted by atomic mass is 10.1. The Balaban J connectivity index is 2.59. The van der Waals surface area contributed by atoms with Crippen molar-refractivity contribution in [1.29, 1.82) is 0 Å². The molecule has 22 heavy (non-hydrogen) atoms. The zero-order valence-electron chi connectivity index (χ0n) is 13.3. The van der Waals surface area contributed by atoms with Crippen molar-refractivity contribution in [2.45, 2.75) is 33.6 Å². The van der Waals surface area contributed by atoms with Crippen molar-refractivity contribution in [3.05, 3.63) is 30.3 Å². The van der Waals surface area contributed by atoms with Crippen LogP contribution in [0.4, 0.5) is 0 Å². The number of hydrogen-bond acceptors (Lipinski definition) is 4. The van der Waals surface area contributed by atoms with E-state index in [0.717, 1.165) is 22.9 Å². The normalized spacial score (nSPS) is 10.5. The second kappa shape index (κ2) is 7.69. The van der Waals surface area contributed by atoms with Crippen LogP contribution in [0.15, 0.2) is 30.3 Å². The average molecular weight is 302 g/mol. The molecule has 2 aromatic carbocycles. The van der Waals surface area contributed by atoms with Gasteiger partial charge >= 0.3 is 5.97 Å². The van der Waals surface area contributed by atoms with Gasteiger partial charge in [-0.2, -0.15) is 0 Å². The molecule has 4 nitrogen and oxygen atoms in total. The van der Waals surface area contributed by atoms with Crippen LogP contribution in [0.25, 0.3) is 10.8 Å². The fourth-order valence-electron chi connectivity index (χ4n) is 2.18. The molecule has 0 bridgehead atoms. The summed E-state index contributed by atoms with van der Waals surface area (Å²) in [6.45, 7) is 6.84. The molecule has 0 aliphatic rings. The summed E-state index contributed by atoms with van der Waals surface area (Å²) in [6.07, 6.45) is 1.23. The van der Waals surface area contributed by atoms with E-state index in [1.807, 2.05) is 31.2 Å². The van der Waals surface area contributed by atoms with Crippen LogP contribution in [0, 0.1) is 0 Å². The SMILES string of the molecule is CCCOc1cc(OCC)c(OC(=O)CC)c2ccccc12. The summed E-state index contributed by atoms with van der Waals surface area (Å²) >= 11 is 0. The first-order valence-electron chi connectivity index (χ1n) is 7.73. The number of esters is 1. The van der Waals surface area contributed by atoms with Gasteiger partial charge < -0.3 is 14.2 Å². The highest BCUT2D eigenvalue weighted by Crippen LogP contribution is 2.41. The quantitative estimate of drug-likeness (QED) is 0.563. The van der Waals surface area contributed by atoms with E-state index < -0.39 is 0 Å². The van der Waals surface area contributed by atoms with Crippen molar-refractivity contribution in [2.24, 2.45) is 0 Å². The Kier molecular flexibility index (Phi) is 5.64. The molecule has 0 saturated carbocycles. The Hall–Kier alpha value is -2.23. The molecule has 0 amide bonds. The van der Waals surface area contributed by atoms with E-state index in [-0.39, 0.29) is 5.97 Å². The van der Waals surface area contributed by atoms with E-state index in [2.05, 4.69) is 6.92 Å². The van der Waals surface area contributed by atoms with Gasteiger partial charge in [-0.25, -0.2) is 0 Å². The lowest BCUT2D eigenvalue weighted by molar-refractivity contribution is -0.134. The van der Waals surface area contributed by atoms with Gasteiger partial charge in [-0.1, -0.05) is 38.1 Å². The number of carbonyl (C=O) groups excluding carboxylic acids is 1. The number of rotatable bonds is 7.